The summed E-state index contributed by atoms with van der Waals surface area (Å²) in [6.07, 6.45) is -3.41. The molecule has 8 bridgehead atoms. The van der Waals surface area contributed by atoms with E-state index in [9.17, 15) is 53.5 Å². The van der Waals surface area contributed by atoms with Crippen LogP contribution in [0.2, 0.25) is 0 Å². The number of carbonyl (C=O) groups is 6. The molecular weight excluding hydrogens is 1170 g/mol. The van der Waals surface area contributed by atoms with Gasteiger partial charge < -0.3 is 77.8 Å². The second kappa shape index (κ2) is 23.7. The molecule has 27 heteroatoms. The quantitative estimate of drug-likeness (QED) is 0.0330. The second-order valence-corrected chi connectivity index (χ2v) is 29.1. The number of fused-ring (bicyclic) bond motifs is 10. The third-order valence-corrected chi connectivity index (χ3v) is 23.2. The Morgan fingerprint density at radius 1 is 0.933 bits per heavy atom. The lowest BCUT2D eigenvalue weighted by molar-refractivity contribution is -0.220. The third-order valence-electron chi connectivity index (χ3n) is 21.2. The number of hydrogen-bond acceptors (Lipinski definition) is 19. The molecule has 1 aromatic carbocycles. The number of aryl methyl sites for hydroxylation is 2. The number of carbonyl (C=O) groups excluding carboxylic acids is 6. The van der Waals surface area contributed by atoms with Crippen molar-refractivity contribution in [2.75, 3.05) is 13.2 Å². The molecule has 26 nitrogen and oxygen atoms in total. The molecule has 7 aliphatic rings. The van der Waals surface area contributed by atoms with Crippen molar-refractivity contribution in [3.63, 3.8) is 0 Å². The Balaban J connectivity index is 1.13. The molecule has 2 unspecified atom stereocenters. The van der Waals surface area contributed by atoms with E-state index in [4.69, 9.17) is 57.3 Å². The fourth-order valence-corrected chi connectivity index (χ4v) is 17.8. The van der Waals surface area contributed by atoms with Gasteiger partial charge in [-0.25, -0.2) is 4.98 Å². The van der Waals surface area contributed by atoms with Crippen molar-refractivity contribution in [1.29, 1.82) is 5.41 Å². The topological polar surface area (TPSA) is 438 Å². The van der Waals surface area contributed by atoms with Gasteiger partial charge in [0.25, 0.3) is 0 Å². The number of aliphatic hydroxyl groups excluding tert-OH is 2. The van der Waals surface area contributed by atoms with Crippen LogP contribution in [0, 0.1) is 58.7 Å². The van der Waals surface area contributed by atoms with Crippen LogP contribution >= 0.6 is 7.60 Å². The number of nitrogens with one attached hydrogen (secondary N) is 3. The van der Waals surface area contributed by atoms with Crippen LogP contribution in [-0.4, -0.2) is 137 Å². The van der Waals surface area contributed by atoms with Crippen LogP contribution in [0.15, 0.2) is 67.8 Å². The van der Waals surface area contributed by atoms with E-state index in [1.165, 1.54) is 13.3 Å². The first-order valence-corrected chi connectivity index (χ1v) is 32.0. The number of nitrogens with zero attached hydrogens (tertiary/aromatic N) is 5. The van der Waals surface area contributed by atoms with Crippen LogP contribution in [-0.2, 0) is 47.3 Å². The number of aliphatic imine (C=N–C) groups is 3. The Kier molecular flexibility index (Phi) is 17.7. The second-order valence-electron chi connectivity index (χ2n) is 27.2. The van der Waals surface area contributed by atoms with Gasteiger partial charge in [-0.05, 0) is 121 Å². The van der Waals surface area contributed by atoms with Crippen molar-refractivity contribution in [2.24, 2.45) is 77.3 Å². The molecule has 2 aromatic rings. The van der Waals surface area contributed by atoms with Gasteiger partial charge in [-0.3, -0.25) is 48.3 Å². The summed E-state index contributed by atoms with van der Waals surface area (Å²) in [6, 6.07) is 2.69. The highest BCUT2D eigenvalue weighted by Crippen LogP contribution is 2.65. The standard InChI is InChI=1S/C62H87N12O14P/c1-29-20-37-38(21-30(29)2)74(28-69-37)56-51(83)52(39(27-75)86-56)89(84,85)88-31(3)26-68-47(81)17-18-58(8)36(22-45(66)79)55-61(11)59(9,24-46(67)80)35(13-15-43(64)77)50(73-61)33(5)54-60(10)25-48(82)87-62(60,19-16-44(65)78)41(71-54)23-40-57(6,7)34(12-14-42(63)76)49(70-40)32(4)53(58)72-55/h20-21,23,28,31,34-36,39,51-52,55-56,71,75,83H,12-19,22,24-27H2,1-11H3,(H2,63,76)(H2,64,77)(H2,65,78)(H2,66,79)(H2,67,80)(H,68,81)(H,84,85)/p-1/b41-23?,49-32?,54-33-/t31-,34-,35-,36+,39-,51-,52-,55?,56+,58-,59+,60-,61-,62+/m1/s1. The molecule has 8 heterocycles. The van der Waals surface area contributed by atoms with Crippen molar-refractivity contribution in [1.82, 2.24) is 20.2 Å². The highest BCUT2D eigenvalue weighted by atomic mass is 31.2. The molecule has 89 heavy (non-hydrogen) atoms. The minimum absolute atomic E-state index is 0.0130. The van der Waals surface area contributed by atoms with Crippen molar-refractivity contribution in [3.8, 4) is 0 Å². The first kappa shape index (κ1) is 66.5. The molecule has 0 saturated carbocycles. The van der Waals surface area contributed by atoms with Gasteiger partial charge in [0.15, 0.2) is 11.8 Å². The Hall–Kier alpha value is -6.96. The van der Waals surface area contributed by atoms with E-state index >= 15 is 0 Å². The molecule has 3 fully saturated rings. The van der Waals surface area contributed by atoms with E-state index in [0.29, 0.717) is 56.4 Å². The predicted octanol–water partition coefficient (Wildman–Crippen LogP) is 3.28. The minimum Gasteiger partial charge on any atom is -0.862 e. The van der Waals surface area contributed by atoms with Gasteiger partial charge in [-0.1, -0.05) is 27.7 Å². The molecule has 484 valence electrons. The van der Waals surface area contributed by atoms with Crippen LogP contribution in [0.4, 0.5) is 0 Å². The van der Waals surface area contributed by atoms with Crippen molar-refractivity contribution < 1.29 is 67.5 Å². The average molecular weight is 1250 g/mol. The lowest BCUT2D eigenvalue weighted by Crippen LogP contribution is -2.56. The van der Waals surface area contributed by atoms with E-state index < -0.39 is 142 Å². The van der Waals surface area contributed by atoms with Gasteiger partial charge in [-0.2, -0.15) is 0 Å². The Morgan fingerprint density at radius 3 is 2.22 bits per heavy atom. The summed E-state index contributed by atoms with van der Waals surface area (Å²) in [4.78, 5) is 114. The summed E-state index contributed by atoms with van der Waals surface area (Å²) >= 11 is 0. The number of imidazole rings is 1. The largest absolute Gasteiger partial charge is 0.862 e. The van der Waals surface area contributed by atoms with Crippen molar-refractivity contribution >= 4 is 77.2 Å². The predicted molar refractivity (Wildman–Crippen MR) is 327 cm³/mol. The molecule has 7 aliphatic heterocycles. The van der Waals surface area contributed by atoms with E-state index in [1.54, 1.807) is 10.6 Å². The van der Waals surface area contributed by atoms with Crippen LogP contribution in [0.1, 0.15) is 150 Å². The number of benzene rings is 1. The third kappa shape index (κ3) is 11.3. The molecule has 0 radical (unpaired) electrons. The lowest BCUT2D eigenvalue weighted by Gasteiger charge is -2.48. The molecule has 0 aliphatic carbocycles. The number of rotatable bonds is 23. The van der Waals surface area contributed by atoms with Crippen LogP contribution in [0.5, 0.6) is 0 Å². The molecule has 15 atom stereocenters. The zero-order chi connectivity index (χ0) is 65.6. The smallest absolute Gasteiger partial charge is 0.337 e. The number of amides is 5. The Bertz CT molecular complexity index is 3590. The van der Waals surface area contributed by atoms with Gasteiger partial charge in [0.1, 0.15) is 17.9 Å². The summed E-state index contributed by atoms with van der Waals surface area (Å²) in [7, 11) is -4.85. The maximum absolute atomic E-state index is 14.4. The molecular formula is C62H86N12O14P-. The van der Waals surface area contributed by atoms with Crippen molar-refractivity contribution in [3.05, 3.63) is 63.9 Å². The lowest BCUT2D eigenvalue weighted by atomic mass is 9.55. The summed E-state index contributed by atoms with van der Waals surface area (Å²) in [5, 5.41) is 49.2. The number of primary amides is 4. The van der Waals surface area contributed by atoms with E-state index in [0.717, 1.165) is 11.1 Å². The monoisotopic (exact) mass is 1250 g/mol. The Labute approximate surface area is 516 Å². The number of allylic oxidation sites excluding steroid dienone is 4. The van der Waals surface area contributed by atoms with Gasteiger partial charge in [0.05, 0.1) is 59.2 Å². The maximum Gasteiger partial charge on any atom is 0.337 e. The van der Waals surface area contributed by atoms with E-state index in [-0.39, 0.29) is 77.2 Å². The summed E-state index contributed by atoms with van der Waals surface area (Å²) in [6.45, 7) is 19.2. The van der Waals surface area contributed by atoms with Crippen LogP contribution < -0.4 is 38.7 Å². The first-order chi connectivity index (χ1) is 41.4. The zero-order valence-electron chi connectivity index (χ0n) is 52.5. The van der Waals surface area contributed by atoms with Gasteiger partial charge >= 0.3 is 13.6 Å². The number of aliphatic hydroxyl groups is 2. The average Bonchev–Trinajstić information content (AvgIpc) is 1.53. The number of nitrogens with two attached hydrogens (primary N) is 4. The highest BCUT2D eigenvalue weighted by Gasteiger charge is 2.70. The molecule has 14 N–H and O–H groups in total. The first-order valence-electron chi connectivity index (χ1n) is 30.4. The molecule has 5 amide bonds. The van der Waals surface area contributed by atoms with Gasteiger partial charge in [-0.15, -0.1) is 0 Å². The number of ether oxygens (including phenoxy) is 2. The number of hydrogen-bond donors (Lipinski definition) is 10. The van der Waals surface area contributed by atoms with Crippen LogP contribution in [0.25, 0.3) is 11.0 Å². The summed E-state index contributed by atoms with van der Waals surface area (Å²) in [5.74, 6) is -6.85. The molecule has 0 spiro atoms. The summed E-state index contributed by atoms with van der Waals surface area (Å²) in [5.41, 5.74) is 21.7. The fourth-order valence-electron chi connectivity index (χ4n) is 16.0. The molecule has 1 aromatic heterocycles. The SMILES string of the molecule is CC1=C2N=C(C=C3N/C(=C(/C)C4=N[C@](C)(C5N=C1[C@](C)(CCC(=O)NC[C@@H](C)OP(=O)(O)[C@H]1[C@@H](O)[C@@H](n6cnc7cc(C)c(C)cc76)O[C@@H]1CO)[C@H]5CC(N)=O)[C@@](C)(CC(N)=O)[C@@H]4CCC(N)=O)[C@@]1(C)CC(=O)O[C@@]31CCC(N)=O)C(C)(C)[C@@H]2CCC(=N)[O-]. The highest BCUT2D eigenvalue weighted by molar-refractivity contribution is 7.53. The molecule has 3 saturated heterocycles. The molecule has 9 rings (SSSR count). The minimum atomic E-state index is -4.85. The maximum atomic E-state index is 14.4. The van der Waals surface area contributed by atoms with Gasteiger partial charge in [0.2, 0.25) is 29.5 Å². The number of aromatic nitrogens is 2. The zero-order valence-corrected chi connectivity index (χ0v) is 53.4. The van der Waals surface area contributed by atoms with Crippen LogP contribution in [0.3, 0.4) is 0 Å². The van der Waals surface area contributed by atoms with E-state index in [2.05, 4.69) is 15.6 Å². The normalized spacial score (nSPS) is 34.5. The fraction of sp³-hybridized carbons (Fsp3) is 0.629. The van der Waals surface area contributed by atoms with Crippen molar-refractivity contribution in [2.45, 2.75) is 194 Å². The Morgan fingerprint density at radius 2 is 1.60 bits per heavy atom. The number of esters is 1. The van der Waals surface area contributed by atoms with E-state index in [1.807, 2.05) is 81.4 Å². The van der Waals surface area contributed by atoms with Gasteiger partial charge in [0, 0.05) is 108 Å². The summed E-state index contributed by atoms with van der Waals surface area (Å²) < 4.78 is 34.0.